The molecule has 0 radical (unpaired) electrons. The maximum atomic E-state index is 13.1. The molecule has 0 fully saturated rings. The monoisotopic (exact) mass is 332 g/mol. The second-order valence-corrected chi connectivity index (χ2v) is 5.47. The van der Waals surface area contributed by atoms with Gasteiger partial charge >= 0.3 is 5.97 Å². The molecule has 1 heterocycles. The molecule has 0 spiro atoms. The van der Waals surface area contributed by atoms with Crippen molar-refractivity contribution in [3.05, 3.63) is 58.9 Å². The van der Waals surface area contributed by atoms with Crippen molar-refractivity contribution in [1.29, 1.82) is 0 Å². The highest BCUT2D eigenvalue weighted by Gasteiger charge is 2.32. The van der Waals surface area contributed by atoms with Crippen LogP contribution in [0.3, 0.4) is 0 Å². The lowest BCUT2D eigenvalue weighted by molar-refractivity contribution is -0.203. The second kappa shape index (κ2) is 6.67. The minimum Gasteiger partial charge on any atom is -0.452 e. The van der Waals surface area contributed by atoms with Gasteiger partial charge in [-0.1, -0.05) is 11.8 Å². The molecule has 0 N–H and O–H groups in total. The number of carbonyl (C=O) groups is 2. The molecule has 6 heteroatoms. The van der Waals surface area contributed by atoms with Gasteiger partial charge in [0.2, 0.25) is 5.79 Å². The summed E-state index contributed by atoms with van der Waals surface area (Å²) >= 11 is 0. The number of ketones is 1. The summed E-state index contributed by atoms with van der Waals surface area (Å²) in [6, 6.07) is 2.86. The number of benzene rings is 1. The van der Waals surface area contributed by atoms with Crippen LogP contribution in [-0.2, 0) is 19.1 Å². The molecule has 0 bridgehead atoms. The largest absolute Gasteiger partial charge is 0.452 e. The highest BCUT2D eigenvalue weighted by molar-refractivity contribution is 5.99. The van der Waals surface area contributed by atoms with Gasteiger partial charge in [0.05, 0.1) is 11.6 Å². The number of Topliss-reactive ketones (excluding diaryl/α,β-unsaturated/α-hetero) is 1. The Hall–Kier alpha value is -2.94. The van der Waals surface area contributed by atoms with Crippen molar-refractivity contribution in [3.63, 3.8) is 0 Å². The number of rotatable bonds is 2. The predicted octanol–water partition coefficient (Wildman–Crippen LogP) is 3.03. The van der Waals surface area contributed by atoms with Crippen LogP contribution in [0.15, 0.2) is 41.7 Å². The molecule has 2 rings (SSSR count). The lowest BCUT2D eigenvalue weighted by Crippen LogP contribution is -2.35. The Morgan fingerprint density at radius 3 is 2.33 bits per heavy atom. The maximum absolute atomic E-state index is 13.1. The number of esters is 1. The molecule has 4 nitrogen and oxygen atoms in total. The van der Waals surface area contributed by atoms with Crippen LogP contribution in [0.25, 0.3) is 0 Å². The van der Waals surface area contributed by atoms with Crippen LogP contribution < -0.4 is 0 Å². The Bertz CT molecular complexity index is 803. The van der Waals surface area contributed by atoms with Gasteiger partial charge in [-0.2, -0.15) is 0 Å². The standard InChI is InChI=1S/C18H14F2O4/c1-11(21)15(16-10-17(22)24-18(2,3)23-16)6-4-5-12-7-13(19)9-14(20)8-12/h6-10H,1-3H3/b15-6-. The molecule has 1 aromatic carbocycles. The lowest BCUT2D eigenvalue weighted by Gasteiger charge is -2.30. The first kappa shape index (κ1) is 17.4. The molecule has 0 amide bonds. The first-order valence-electron chi connectivity index (χ1n) is 6.99. The van der Waals surface area contributed by atoms with Crippen molar-refractivity contribution in [2.45, 2.75) is 26.6 Å². The van der Waals surface area contributed by atoms with Crippen LogP contribution in [0.5, 0.6) is 0 Å². The van der Waals surface area contributed by atoms with Gasteiger partial charge < -0.3 is 9.47 Å². The van der Waals surface area contributed by atoms with E-state index in [1.54, 1.807) is 0 Å². The van der Waals surface area contributed by atoms with Crippen molar-refractivity contribution in [3.8, 4) is 11.8 Å². The highest BCUT2D eigenvalue weighted by Crippen LogP contribution is 2.26. The van der Waals surface area contributed by atoms with Gasteiger partial charge in [0.15, 0.2) is 5.78 Å². The van der Waals surface area contributed by atoms with E-state index < -0.39 is 23.4 Å². The van der Waals surface area contributed by atoms with Crippen molar-refractivity contribution in [1.82, 2.24) is 0 Å². The second-order valence-electron chi connectivity index (χ2n) is 5.47. The van der Waals surface area contributed by atoms with Gasteiger partial charge in [-0.05, 0) is 19.1 Å². The normalized spacial score (nSPS) is 16.3. The first-order valence-corrected chi connectivity index (χ1v) is 6.99. The Morgan fingerprint density at radius 1 is 1.17 bits per heavy atom. The van der Waals surface area contributed by atoms with Gasteiger partial charge in [0.25, 0.3) is 0 Å². The summed E-state index contributed by atoms with van der Waals surface area (Å²) in [5, 5.41) is 0. The third-order valence-electron chi connectivity index (χ3n) is 2.89. The van der Waals surface area contributed by atoms with E-state index in [1.807, 2.05) is 0 Å². The molecule has 0 aromatic heterocycles. The smallest absolute Gasteiger partial charge is 0.337 e. The number of halogens is 2. The third kappa shape index (κ3) is 4.53. The summed E-state index contributed by atoms with van der Waals surface area (Å²) in [5.41, 5.74) is 0.175. The van der Waals surface area contributed by atoms with Gasteiger partial charge in [-0.3, -0.25) is 4.79 Å². The number of cyclic esters (lactones) is 1. The van der Waals surface area contributed by atoms with Crippen LogP contribution in [0.2, 0.25) is 0 Å². The molecule has 0 aliphatic carbocycles. The van der Waals surface area contributed by atoms with Crippen LogP contribution in [0.1, 0.15) is 26.3 Å². The number of allylic oxidation sites excluding steroid dienone is 2. The highest BCUT2D eigenvalue weighted by atomic mass is 19.1. The fourth-order valence-corrected chi connectivity index (χ4v) is 1.99. The fourth-order valence-electron chi connectivity index (χ4n) is 1.99. The van der Waals surface area contributed by atoms with Crippen molar-refractivity contribution >= 4 is 11.8 Å². The molecule has 0 saturated heterocycles. The number of hydrogen-bond acceptors (Lipinski definition) is 4. The molecule has 1 aliphatic heterocycles. The minimum atomic E-state index is -1.21. The molecule has 124 valence electrons. The fraction of sp³-hybridized carbons (Fsp3) is 0.222. The van der Waals surface area contributed by atoms with Crippen molar-refractivity contribution in [2.75, 3.05) is 0 Å². The Balaban J connectivity index is 2.35. The van der Waals surface area contributed by atoms with Crippen LogP contribution in [0.4, 0.5) is 8.78 Å². The topological polar surface area (TPSA) is 52.6 Å². The summed E-state index contributed by atoms with van der Waals surface area (Å²) in [4.78, 5) is 23.3. The molecule has 1 aliphatic rings. The summed E-state index contributed by atoms with van der Waals surface area (Å²) < 4.78 is 36.6. The van der Waals surface area contributed by atoms with Crippen molar-refractivity contribution < 1.29 is 27.8 Å². The zero-order valence-electron chi connectivity index (χ0n) is 13.3. The zero-order valence-corrected chi connectivity index (χ0v) is 13.3. The van der Waals surface area contributed by atoms with Gasteiger partial charge in [0, 0.05) is 31.6 Å². The summed E-state index contributed by atoms with van der Waals surface area (Å²) in [6.45, 7) is 4.33. The average molecular weight is 332 g/mol. The summed E-state index contributed by atoms with van der Waals surface area (Å²) in [6.07, 6.45) is 2.27. The van der Waals surface area contributed by atoms with E-state index in [4.69, 9.17) is 9.47 Å². The van der Waals surface area contributed by atoms with E-state index in [2.05, 4.69) is 11.8 Å². The summed E-state index contributed by atoms with van der Waals surface area (Å²) in [7, 11) is 0. The molecular formula is C18H14F2O4. The first-order chi connectivity index (χ1) is 11.2. The van der Waals surface area contributed by atoms with Gasteiger partial charge in [0.1, 0.15) is 17.4 Å². The number of ether oxygens (including phenoxy) is 2. The van der Waals surface area contributed by atoms with Gasteiger partial charge in [-0.25, -0.2) is 13.6 Å². The maximum Gasteiger partial charge on any atom is 0.337 e. The Morgan fingerprint density at radius 2 is 1.79 bits per heavy atom. The average Bonchev–Trinajstić information content (AvgIpc) is 2.39. The molecule has 1 aromatic rings. The van der Waals surface area contributed by atoms with Gasteiger partial charge in [-0.15, -0.1) is 0 Å². The quantitative estimate of drug-likeness (QED) is 0.475. The van der Waals surface area contributed by atoms with E-state index in [9.17, 15) is 18.4 Å². The SMILES string of the molecule is CC(=O)/C(=C/C#Cc1cc(F)cc(F)c1)C1=CC(=O)OC(C)(C)O1. The van der Waals surface area contributed by atoms with E-state index >= 15 is 0 Å². The van der Waals surface area contributed by atoms with Crippen molar-refractivity contribution in [2.24, 2.45) is 0 Å². The van der Waals surface area contributed by atoms with Crippen LogP contribution >= 0.6 is 0 Å². The molecule has 0 atom stereocenters. The number of hydrogen-bond donors (Lipinski definition) is 0. The molecule has 0 saturated carbocycles. The predicted molar refractivity (Wildman–Crippen MR) is 81.3 cm³/mol. The lowest BCUT2D eigenvalue weighted by atomic mass is 10.1. The third-order valence-corrected chi connectivity index (χ3v) is 2.89. The zero-order chi connectivity index (χ0) is 17.9. The number of carbonyl (C=O) groups excluding carboxylic acids is 2. The summed E-state index contributed by atoms with van der Waals surface area (Å²) in [5.74, 6) is 1.35. The van der Waals surface area contributed by atoms with E-state index in [1.165, 1.54) is 26.8 Å². The van der Waals surface area contributed by atoms with Crippen LogP contribution in [0, 0.1) is 23.5 Å². The Kier molecular flexibility index (Phi) is 4.84. The van der Waals surface area contributed by atoms with E-state index in [0.717, 1.165) is 24.3 Å². The molecule has 24 heavy (non-hydrogen) atoms. The minimum absolute atomic E-state index is 0.0310. The molecular weight excluding hydrogens is 318 g/mol. The Labute approximate surface area is 137 Å². The van der Waals surface area contributed by atoms with E-state index in [-0.39, 0.29) is 22.7 Å². The molecule has 0 unspecified atom stereocenters. The van der Waals surface area contributed by atoms with Crippen LogP contribution in [-0.4, -0.2) is 17.5 Å². The van der Waals surface area contributed by atoms with E-state index in [0.29, 0.717) is 0 Å².